The molecule has 0 saturated heterocycles. The lowest BCUT2D eigenvalue weighted by Gasteiger charge is -2.15. The molecule has 0 heterocycles. The second-order valence-corrected chi connectivity index (χ2v) is 5.65. The summed E-state index contributed by atoms with van der Waals surface area (Å²) in [4.78, 5) is 0. The molecule has 0 aromatic heterocycles. The summed E-state index contributed by atoms with van der Waals surface area (Å²) in [6.07, 6.45) is 2.61. The molecule has 1 aromatic carbocycles. The molecule has 0 radical (unpaired) electrons. The lowest BCUT2D eigenvalue weighted by atomic mass is 9.96. The van der Waals surface area contributed by atoms with Gasteiger partial charge in [0.15, 0.2) is 0 Å². The van der Waals surface area contributed by atoms with Crippen LogP contribution in [0, 0.1) is 0 Å². The number of halogens is 2. The Morgan fingerprint density at radius 1 is 1.29 bits per heavy atom. The van der Waals surface area contributed by atoms with E-state index in [0.29, 0.717) is 5.41 Å². The molecular formula is C11H13Br2N. The molecule has 2 rings (SSSR count). The molecule has 0 spiro atoms. The summed E-state index contributed by atoms with van der Waals surface area (Å²) in [5.74, 6) is 0. The van der Waals surface area contributed by atoms with Crippen LogP contribution in [0.15, 0.2) is 27.1 Å². The van der Waals surface area contributed by atoms with Gasteiger partial charge >= 0.3 is 0 Å². The van der Waals surface area contributed by atoms with Gasteiger partial charge in [0.2, 0.25) is 0 Å². The molecule has 0 atom stereocenters. The molecular weight excluding hydrogens is 306 g/mol. The average molecular weight is 319 g/mol. The Bertz CT molecular complexity index is 345. The van der Waals surface area contributed by atoms with E-state index in [4.69, 9.17) is 0 Å². The van der Waals surface area contributed by atoms with Gasteiger partial charge in [0.05, 0.1) is 0 Å². The zero-order valence-corrected chi connectivity index (χ0v) is 11.3. The SMILES string of the molecule is CNCC1(c2ccc(Br)c(Br)c2)CC1. The van der Waals surface area contributed by atoms with Crippen molar-refractivity contribution in [2.45, 2.75) is 18.3 Å². The highest BCUT2D eigenvalue weighted by molar-refractivity contribution is 9.13. The molecule has 1 aliphatic carbocycles. The summed E-state index contributed by atoms with van der Waals surface area (Å²) < 4.78 is 2.28. The molecule has 1 aromatic rings. The van der Waals surface area contributed by atoms with Gasteiger partial charge in [-0.1, -0.05) is 6.07 Å². The van der Waals surface area contributed by atoms with E-state index in [9.17, 15) is 0 Å². The Morgan fingerprint density at radius 3 is 2.50 bits per heavy atom. The standard InChI is InChI=1S/C11H13Br2N/c1-14-7-11(4-5-11)8-2-3-9(12)10(13)6-8/h2-3,6,14H,4-5,7H2,1H3. The molecule has 1 saturated carbocycles. The predicted molar refractivity (Wildman–Crippen MR) is 66.7 cm³/mol. The van der Waals surface area contributed by atoms with Crippen molar-refractivity contribution in [2.75, 3.05) is 13.6 Å². The van der Waals surface area contributed by atoms with Crippen molar-refractivity contribution in [2.24, 2.45) is 0 Å². The highest BCUT2D eigenvalue weighted by Gasteiger charge is 2.43. The summed E-state index contributed by atoms with van der Waals surface area (Å²) in [7, 11) is 2.02. The Hall–Kier alpha value is 0.140. The van der Waals surface area contributed by atoms with Crippen LogP contribution in [0.25, 0.3) is 0 Å². The molecule has 1 fully saturated rings. The normalized spacial score (nSPS) is 18.2. The van der Waals surface area contributed by atoms with Gasteiger partial charge in [0.1, 0.15) is 0 Å². The minimum Gasteiger partial charge on any atom is -0.319 e. The smallest absolute Gasteiger partial charge is 0.0320 e. The number of nitrogens with one attached hydrogen (secondary N) is 1. The highest BCUT2D eigenvalue weighted by atomic mass is 79.9. The van der Waals surface area contributed by atoms with Gasteiger partial charge in [-0.25, -0.2) is 0 Å². The molecule has 0 bridgehead atoms. The second kappa shape index (κ2) is 3.95. The third kappa shape index (κ3) is 1.90. The van der Waals surface area contributed by atoms with Crippen molar-refractivity contribution >= 4 is 31.9 Å². The van der Waals surface area contributed by atoms with Gasteiger partial charge in [-0.05, 0) is 69.4 Å². The third-order valence-electron chi connectivity index (χ3n) is 2.90. The lowest BCUT2D eigenvalue weighted by molar-refractivity contribution is 0.624. The molecule has 0 amide bonds. The molecule has 0 aliphatic heterocycles. The minimum atomic E-state index is 0.415. The van der Waals surface area contributed by atoms with E-state index < -0.39 is 0 Å². The number of rotatable bonds is 3. The molecule has 1 N–H and O–H groups in total. The number of hydrogen-bond donors (Lipinski definition) is 1. The van der Waals surface area contributed by atoms with Gasteiger partial charge in [0, 0.05) is 20.9 Å². The van der Waals surface area contributed by atoms with Crippen LogP contribution in [-0.4, -0.2) is 13.6 Å². The Labute approximate surface area is 102 Å². The zero-order chi connectivity index (χ0) is 10.2. The third-order valence-corrected chi connectivity index (χ3v) is 4.78. The first kappa shape index (κ1) is 10.7. The van der Waals surface area contributed by atoms with Crippen molar-refractivity contribution in [1.82, 2.24) is 5.32 Å². The van der Waals surface area contributed by atoms with Crippen LogP contribution in [0.3, 0.4) is 0 Å². The van der Waals surface area contributed by atoms with Gasteiger partial charge in [-0.15, -0.1) is 0 Å². The number of hydrogen-bond acceptors (Lipinski definition) is 1. The first-order valence-corrected chi connectivity index (χ1v) is 6.37. The Balaban J connectivity index is 2.28. The second-order valence-electron chi connectivity index (χ2n) is 3.94. The van der Waals surface area contributed by atoms with Crippen molar-refractivity contribution in [3.8, 4) is 0 Å². The maximum atomic E-state index is 3.55. The molecule has 1 nitrogen and oxygen atoms in total. The van der Waals surface area contributed by atoms with E-state index in [-0.39, 0.29) is 0 Å². The summed E-state index contributed by atoms with van der Waals surface area (Å²) in [6, 6.07) is 6.57. The summed E-state index contributed by atoms with van der Waals surface area (Å²) >= 11 is 7.04. The highest BCUT2D eigenvalue weighted by Crippen LogP contribution is 2.48. The van der Waals surface area contributed by atoms with Crippen LogP contribution in [0.2, 0.25) is 0 Å². The van der Waals surface area contributed by atoms with Crippen LogP contribution in [-0.2, 0) is 5.41 Å². The first-order valence-electron chi connectivity index (χ1n) is 4.78. The summed E-state index contributed by atoms with van der Waals surface area (Å²) in [6.45, 7) is 1.08. The molecule has 0 unspecified atom stereocenters. The quantitative estimate of drug-likeness (QED) is 0.900. The molecule has 14 heavy (non-hydrogen) atoms. The predicted octanol–water partition coefficient (Wildman–Crippen LogP) is 3.46. The average Bonchev–Trinajstić information content (AvgIpc) is 2.91. The van der Waals surface area contributed by atoms with Crippen LogP contribution in [0.5, 0.6) is 0 Å². The van der Waals surface area contributed by atoms with E-state index >= 15 is 0 Å². The van der Waals surface area contributed by atoms with Gasteiger partial charge in [-0.3, -0.25) is 0 Å². The van der Waals surface area contributed by atoms with E-state index in [2.05, 4.69) is 55.4 Å². The fraction of sp³-hybridized carbons (Fsp3) is 0.455. The van der Waals surface area contributed by atoms with Crippen molar-refractivity contribution in [1.29, 1.82) is 0 Å². The van der Waals surface area contributed by atoms with E-state index in [1.807, 2.05) is 7.05 Å². The van der Waals surface area contributed by atoms with E-state index in [1.54, 1.807) is 0 Å². The molecule has 3 heteroatoms. The fourth-order valence-corrected chi connectivity index (χ4v) is 2.51. The maximum Gasteiger partial charge on any atom is 0.0320 e. The zero-order valence-electron chi connectivity index (χ0n) is 8.11. The fourth-order valence-electron chi connectivity index (χ4n) is 1.88. The summed E-state index contributed by atoms with van der Waals surface area (Å²) in [5, 5.41) is 3.28. The van der Waals surface area contributed by atoms with Crippen molar-refractivity contribution in [3.05, 3.63) is 32.7 Å². The molecule has 1 aliphatic rings. The minimum absolute atomic E-state index is 0.415. The van der Waals surface area contributed by atoms with Gasteiger partial charge in [-0.2, -0.15) is 0 Å². The van der Waals surface area contributed by atoms with Gasteiger partial charge in [0.25, 0.3) is 0 Å². The molecule has 76 valence electrons. The van der Waals surface area contributed by atoms with Crippen LogP contribution in [0.4, 0.5) is 0 Å². The first-order chi connectivity index (χ1) is 6.68. The Morgan fingerprint density at radius 2 is 2.00 bits per heavy atom. The summed E-state index contributed by atoms with van der Waals surface area (Å²) in [5.41, 5.74) is 1.86. The maximum absolute atomic E-state index is 3.55. The lowest BCUT2D eigenvalue weighted by Crippen LogP contribution is -2.23. The van der Waals surface area contributed by atoms with Crippen molar-refractivity contribution < 1.29 is 0 Å². The van der Waals surface area contributed by atoms with Crippen LogP contribution in [0.1, 0.15) is 18.4 Å². The largest absolute Gasteiger partial charge is 0.319 e. The Kier molecular flexibility index (Phi) is 3.01. The van der Waals surface area contributed by atoms with Gasteiger partial charge < -0.3 is 5.32 Å². The number of benzene rings is 1. The topological polar surface area (TPSA) is 12.0 Å². The van der Waals surface area contributed by atoms with E-state index in [1.165, 1.54) is 18.4 Å². The van der Waals surface area contributed by atoms with Crippen molar-refractivity contribution in [3.63, 3.8) is 0 Å². The van der Waals surface area contributed by atoms with Crippen LogP contribution < -0.4 is 5.32 Å². The van der Waals surface area contributed by atoms with E-state index in [0.717, 1.165) is 15.5 Å². The monoisotopic (exact) mass is 317 g/mol. The number of likely N-dealkylation sites (N-methyl/N-ethyl adjacent to an activating group) is 1. The van der Waals surface area contributed by atoms with Crippen LogP contribution >= 0.6 is 31.9 Å².